The summed E-state index contributed by atoms with van der Waals surface area (Å²) in [5.74, 6) is 0.913. The normalized spacial score (nSPS) is 17.4. The molecule has 1 saturated heterocycles. The second kappa shape index (κ2) is 7.43. The highest BCUT2D eigenvalue weighted by molar-refractivity contribution is 6.31. The Kier molecular flexibility index (Phi) is 4.85. The van der Waals surface area contributed by atoms with Crippen LogP contribution in [0, 0.1) is 5.92 Å². The molecule has 1 unspecified atom stereocenters. The second-order valence-electron chi connectivity index (χ2n) is 6.68. The van der Waals surface area contributed by atoms with Crippen molar-refractivity contribution in [2.24, 2.45) is 5.92 Å². The zero-order chi connectivity index (χ0) is 18.8. The number of nitrogens with zero attached hydrogens (tertiary/aromatic N) is 4. The molecule has 1 fully saturated rings. The van der Waals surface area contributed by atoms with Crippen LogP contribution >= 0.6 is 11.6 Å². The van der Waals surface area contributed by atoms with Gasteiger partial charge in [-0.3, -0.25) is 9.89 Å². The summed E-state index contributed by atoms with van der Waals surface area (Å²) in [6.45, 7) is 1.87. The third-order valence-electron chi connectivity index (χ3n) is 4.60. The molecule has 0 bridgehead atoms. The first-order valence-corrected chi connectivity index (χ1v) is 9.19. The molecule has 0 radical (unpaired) electrons. The van der Waals surface area contributed by atoms with E-state index in [0.29, 0.717) is 28.9 Å². The number of carbonyl (C=O) groups is 1. The zero-order valence-electron chi connectivity index (χ0n) is 14.6. The molecule has 1 aromatic carbocycles. The van der Waals surface area contributed by atoms with E-state index in [-0.39, 0.29) is 24.3 Å². The smallest absolute Gasteiger partial charge is 0.298 e. The molecule has 1 amide bonds. The second-order valence-corrected chi connectivity index (χ2v) is 7.12. The number of hydrogen-bond acceptors (Lipinski definition) is 7. The lowest BCUT2D eigenvalue weighted by Gasteiger charge is -2.31. The number of anilines is 2. The number of aromatic amines is 1. The highest BCUT2D eigenvalue weighted by Crippen LogP contribution is 2.28. The number of fused-ring (bicyclic) bond motifs is 1. The molecule has 9 nitrogen and oxygen atoms in total. The van der Waals surface area contributed by atoms with Crippen molar-refractivity contribution in [1.29, 1.82) is 0 Å². The first kappa shape index (κ1) is 17.6. The number of nitrogens with one attached hydrogen (secondary N) is 2. The lowest BCUT2D eigenvalue weighted by atomic mass is 9.94. The topological polar surface area (TPSA) is 126 Å². The van der Waals surface area contributed by atoms with Gasteiger partial charge >= 0.3 is 0 Å². The summed E-state index contributed by atoms with van der Waals surface area (Å²) < 4.78 is 5.85. The predicted octanol–water partition coefficient (Wildman–Crippen LogP) is 2.10. The number of halogens is 1. The molecule has 1 atom stereocenters. The van der Waals surface area contributed by atoms with Gasteiger partial charge < -0.3 is 20.4 Å². The van der Waals surface area contributed by atoms with E-state index >= 15 is 0 Å². The van der Waals surface area contributed by atoms with Crippen LogP contribution in [0.5, 0.6) is 0 Å². The number of hydrogen-bond donors (Lipinski definition) is 3. The van der Waals surface area contributed by atoms with Crippen LogP contribution in [0.1, 0.15) is 25.1 Å². The van der Waals surface area contributed by atoms with E-state index in [2.05, 4.69) is 30.4 Å². The van der Waals surface area contributed by atoms with Crippen LogP contribution in [-0.2, 0) is 11.3 Å². The van der Waals surface area contributed by atoms with Crippen LogP contribution in [0.4, 0.5) is 12.0 Å². The standard InChI is InChI=1S/C17H20ClN7O2/c18-11-3-4-12-13(7-11)27-17(21-12)25-5-1-2-10(9-25)6-15(26)20-8-14-22-16(19)24-23-14/h3-4,7,10H,1-2,5-6,8-9H2,(H,20,26)(H3,19,22,23,24). The van der Waals surface area contributed by atoms with Gasteiger partial charge in [0, 0.05) is 30.6 Å². The molecular formula is C17H20ClN7O2. The van der Waals surface area contributed by atoms with E-state index in [1.807, 2.05) is 6.07 Å². The molecule has 27 heavy (non-hydrogen) atoms. The highest BCUT2D eigenvalue weighted by atomic mass is 35.5. The van der Waals surface area contributed by atoms with Crippen molar-refractivity contribution >= 4 is 40.6 Å². The number of H-pyrrole nitrogens is 1. The molecule has 142 valence electrons. The SMILES string of the molecule is Nc1n[nH]c(CNC(=O)CC2CCCN(c3nc4ccc(Cl)cc4o3)C2)n1. The Morgan fingerprint density at radius 3 is 3.15 bits per heavy atom. The number of aromatic nitrogens is 4. The molecule has 0 aliphatic carbocycles. The van der Waals surface area contributed by atoms with Crippen molar-refractivity contribution in [1.82, 2.24) is 25.5 Å². The predicted molar refractivity (Wildman–Crippen MR) is 101 cm³/mol. The first-order chi connectivity index (χ1) is 13.1. The maximum Gasteiger partial charge on any atom is 0.298 e. The number of nitrogen functional groups attached to an aromatic ring is 1. The lowest BCUT2D eigenvalue weighted by Crippen LogP contribution is -2.38. The average molecular weight is 390 g/mol. The van der Waals surface area contributed by atoms with Crippen LogP contribution < -0.4 is 16.0 Å². The summed E-state index contributed by atoms with van der Waals surface area (Å²) in [6.07, 6.45) is 2.41. The summed E-state index contributed by atoms with van der Waals surface area (Å²) >= 11 is 6.01. The third-order valence-corrected chi connectivity index (χ3v) is 4.84. The molecule has 1 aliphatic rings. The molecule has 10 heteroatoms. The Bertz CT molecular complexity index is 954. The summed E-state index contributed by atoms with van der Waals surface area (Å²) in [7, 11) is 0. The number of amides is 1. The molecule has 3 heterocycles. The van der Waals surface area contributed by atoms with E-state index in [1.54, 1.807) is 12.1 Å². The van der Waals surface area contributed by atoms with Gasteiger partial charge in [0.2, 0.25) is 11.9 Å². The number of rotatable bonds is 5. The van der Waals surface area contributed by atoms with Crippen molar-refractivity contribution in [3.63, 3.8) is 0 Å². The molecule has 0 saturated carbocycles. The molecular weight excluding hydrogens is 370 g/mol. The molecule has 3 aromatic rings. The van der Waals surface area contributed by atoms with E-state index < -0.39 is 0 Å². The highest BCUT2D eigenvalue weighted by Gasteiger charge is 2.25. The van der Waals surface area contributed by atoms with Crippen molar-refractivity contribution in [3.8, 4) is 0 Å². The number of carbonyl (C=O) groups excluding carboxylic acids is 1. The van der Waals surface area contributed by atoms with E-state index in [9.17, 15) is 4.79 Å². The summed E-state index contributed by atoms with van der Waals surface area (Å²) in [6, 6.07) is 5.98. The van der Waals surface area contributed by atoms with E-state index in [1.165, 1.54) is 0 Å². The number of nitrogens with two attached hydrogens (primary N) is 1. The minimum absolute atomic E-state index is 0.0267. The summed E-state index contributed by atoms with van der Waals surface area (Å²) in [5, 5.41) is 9.86. The fraction of sp³-hybridized carbons (Fsp3) is 0.412. The van der Waals surface area contributed by atoms with Crippen molar-refractivity contribution < 1.29 is 9.21 Å². The van der Waals surface area contributed by atoms with Crippen molar-refractivity contribution in [2.45, 2.75) is 25.8 Å². The lowest BCUT2D eigenvalue weighted by molar-refractivity contribution is -0.122. The zero-order valence-corrected chi connectivity index (χ0v) is 15.4. The molecule has 0 spiro atoms. The number of oxazole rings is 1. The van der Waals surface area contributed by atoms with Crippen LogP contribution in [-0.4, -0.2) is 39.2 Å². The number of piperidine rings is 1. The summed E-state index contributed by atoms with van der Waals surface area (Å²) in [5.41, 5.74) is 6.90. The monoisotopic (exact) mass is 389 g/mol. The van der Waals surface area contributed by atoms with Gasteiger partial charge in [-0.1, -0.05) is 11.6 Å². The van der Waals surface area contributed by atoms with Gasteiger partial charge in [-0.05, 0) is 30.9 Å². The van der Waals surface area contributed by atoms with Gasteiger partial charge in [-0.15, -0.1) is 5.10 Å². The fourth-order valence-corrected chi connectivity index (χ4v) is 3.49. The largest absolute Gasteiger partial charge is 0.423 e. The number of benzene rings is 1. The minimum Gasteiger partial charge on any atom is -0.423 e. The van der Waals surface area contributed by atoms with Crippen molar-refractivity contribution in [2.75, 3.05) is 23.7 Å². The minimum atomic E-state index is -0.0267. The van der Waals surface area contributed by atoms with Gasteiger partial charge in [-0.25, -0.2) is 0 Å². The van der Waals surface area contributed by atoms with Crippen LogP contribution in [0.3, 0.4) is 0 Å². The maximum absolute atomic E-state index is 12.2. The summed E-state index contributed by atoms with van der Waals surface area (Å²) in [4.78, 5) is 22.8. The van der Waals surface area contributed by atoms with Crippen molar-refractivity contribution in [3.05, 3.63) is 29.0 Å². The molecule has 2 aromatic heterocycles. The Hall–Kier alpha value is -2.81. The Morgan fingerprint density at radius 1 is 1.44 bits per heavy atom. The van der Waals surface area contributed by atoms with Crippen LogP contribution in [0.2, 0.25) is 5.02 Å². The Balaban J connectivity index is 1.35. The van der Waals surface area contributed by atoms with Gasteiger partial charge in [0.25, 0.3) is 6.01 Å². The van der Waals surface area contributed by atoms with Crippen LogP contribution in [0.25, 0.3) is 11.1 Å². The van der Waals surface area contributed by atoms with Gasteiger partial charge in [0.1, 0.15) is 11.3 Å². The fourth-order valence-electron chi connectivity index (χ4n) is 3.33. The van der Waals surface area contributed by atoms with E-state index in [0.717, 1.165) is 31.4 Å². The molecule has 4 rings (SSSR count). The Labute approximate surface area is 160 Å². The maximum atomic E-state index is 12.2. The molecule has 1 aliphatic heterocycles. The Morgan fingerprint density at radius 2 is 2.33 bits per heavy atom. The average Bonchev–Trinajstić information content (AvgIpc) is 3.26. The molecule has 4 N–H and O–H groups in total. The van der Waals surface area contributed by atoms with Crippen LogP contribution in [0.15, 0.2) is 22.6 Å². The van der Waals surface area contributed by atoms with Gasteiger partial charge in [-0.2, -0.15) is 9.97 Å². The van der Waals surface area contributed by atoms with Gasteiger partial charge in [0.15, 0.2) is 5.58 Å². The third kappa shape index (κ3) is 4.13. The van der Waals surface area contributed by atoms with Gasteiger partial charge in [0.05, 0.1) is 6.54 Å². The van der Waals surface area contributed by atoms with E-state index in [4.69, 9.17) is 21.8 Å². The quantitative estimate of drug-likeness (QED) is 0.609. The first-order valence-electron chi connectivity index (χ1n) is 8.81.